The molecule has 6 heteroatoms. The third-order valence-electron chi connectivity index (χ3n) is 4.29. The molecule has 3 aromatic rings. The Bertz CT molecular complexity index is 862. The number of rotatable bonds is 7. The highest BCUT2D eigenvalue weighted by molar-refractivity contribution is 5.86. The molecule has 0 aliphatic rings. The minimum atomic E-state index is 0.642. The van der Waals surface area contributed by atoms with Gasteiger partial charge in [0.05, 0.1) is 6.54 Å². The van der Waals surface area contributed by atoms with Crippen molar-refractivity contribution in [1.82, 2.24) is 25.4 Å². The number of guanidine groups is 1. The lowest BCUT2D eigenvalue weighted by molar-refractivity contribution is 0.632. The van der Waals surface area contributed by atoms with Crippen molar-refractivity contribution in [2.45, 2.75) is 33.4 Å². The number of nitrogens with one attached hydrogen (secondary N) is 2. The molecule has 6 nitrogen and oxygen atoms in total. The van der Waals surface area contributed by atoms with Gasteiger partial charge in [-0.1, -0.05) is 49.4 Å². The van der Waals surface area contributed by atoms with E-state index in [2.05, 4.69) is 81.7 Å². The van der Waals surface area contributed by atoms with E-state index in [1.54, 1.807) is 6.33 Å². The predicted molar refractivity (Wildman–Crippen MR) is 106 cm³/mol. The summed E-state index contributed by atoms with van der Waals surface area (Å²) in [4.78, 5) is 4.75. The molecule has 2 aromatic carbocycles. The molecule has 0 radical (unpaired) electrons. The highest BCUT2D eigenvalue weighted by Crippen LogP contribution is 2.19. The average Bonchev–Trinajstić information content (AvgIpc) is 3.13. The fourth-order valence-electron chi connectivity index (χ4n) is 2.97. The molecular weight excluding hydrogens is 324 g/mol. The second-order valence-electron chi connectivity index (χ2n) is 6.05. The SMILES string of the molecule is CCNC(=NCc1cccc2ccccc12)NCCn1cnnc1CC. The summed E-state index contributed by atoms with van der Waals surface area (Å²) in [5.41, 5.74) is 1.23. The van der Waals surface area contributed by atoms with Gasteiger partial charge in [-0.3, -0.25) is 0 Å². The van der Waals surface area contributed by atoms with Crippen LogP contribution in [0, 0.1) is 0 Å². The molecule has 3 rings (SSSR count). The summed E-state index contributed by atoms with van der Waals surface area (Å²) in [6.07, 6.45) is 2.66. The van der Waals surface area contributed by atoms with E-state index in [4.69, 9.17) is 4.99 Å². The van der Waals surface area contributed by atoms with Gasteiger partial charge in [0.15, 0.2) is 5.96 Å². The van der Waals surface area contributed by atoms with Gasteiger partial charge in [-0.05, 0) is 23.3 Å². The van der Waals surface area contributed by atoms with Crippen LogP contribution in [0.4, 0.5) is 0 Å². The highest BCUT2D eigenvalue weighted by atomic mass is 15.3. The summed E-state index contributed by atoms with van der Waals surface area (Å²) < 4.78 is 2.07. The Labute approximate surface area is 154 Å². The zero-order valence-corrected chi connectivity index (χ0v) is 15.4. The van der Waals surface area contributed by atoms with Crippen molar-refractivity contribution in [2.75, 3.05) is 13.1 Å². The molecule has 136 valence electrons. The molecule has 0 aliphatic heterocycles. The Kier molecular flexibility index (Phi) is 6.19. The number of hydrogen-bond donors (Lipinski definition) is 2. The van der Waals surface area contributed by atoms with E-state index in [1.165, 1.54) is 16.3 Å². The quantitative estimate of drug-likeness (QED) is 0.508. The van der Waals surface area contributed by atoms with Gasteiger partial charge in [0.1, 0.15) is 12.2 Å². The summed E-state index contributed by atoms with van der Waals surface area (Å²) in [5.74, 6) is 1.83. The van der Waals surface area contributed by atoms with Gasteiger partial charge in [0.25, 0.3) is 0 Å². The monoisotopic (exact) mass is 350 g/mol. The molecule has 0 spiro atoms. The van der Waals surface area contributed by atoms with E-state index in [0.717, 1.165) is 37.8 Å². The zero-order valence-electron chi connectivity index (χ0n) is 15.4. The van der Waals surface area contributed by atoms with Gasteiger partial charge in [-0.25, -0.2) is 4.99 Å². The van der Waals surface area contributed by atoms with E-state index >= 15 is 0 Å². The van der Waals surface area contributed by atoms with Crippen LogP contribution in [0.5, 0.6) is 0 Å². The third-order valence-corrected chi connectivity index (χ3v) is 4.29. The molecule has 0 saturated heterocycles. The first-order chi connectivity index (χ1) is 12.8. The Morgan fingerprint density at radius 2 is 1.92 bits per heavy atom. The Hall–Kier alpha value is -2.89. The largest absolute Gasteiger partial charge is 0.357 e. The van der Waals surface area contributed by atoms with Gasteiger partial charge in [0.2, 0.25) is 0 Å². The number of nitrogens with zero attached hydrogens (tertiary/aromatic N) is 4. The molecule has 2 N–H and O–H groups in total. The summed E-state index contributed by atoms with van der Waals surface area (Å²) >= 11 is 0. The minimum Gasteiger partial charge on any atom is -0.357 e. The maximum atomic E-state index is 4.75. The van der Waals surface area contributed by atoms with Crippen LogP contribution in [0.2, 0.25) is 0 Å². The van der Waals surface area contributed by atoms with E-state index in [-0.39, 0.29) is 0 Å². The number of aliphatic imine (C=N–C) groups is 1. The fourth-order valence-corrected chi connectivity index (χ4v) is 2.97. The van der Waals surface area contributed by atoms with Gasteiger partial charge in [-0.15, -0.1) is 10.2 Å². The van der Waals surface area contributed by atoms with Gasteiger partial charge in [0, 0.05) is 26.1 Å². The predicted octanol–water partition coefficient (Wildman–Crippen LogP) is 2.75. The lowest BCUT2D eigenvalue weighted by Gasteiger charge is -2.12. The van der Waals surface area contributed by atoms with E-state index in [9.17, 15) is 0 Å². The normalized spacial score (nSPS) is 11.7. The van der Waals surface area contributed by atoms with Gasteiger partial charge < -0.3 is 15.2 Å². The lowest BCUT2D eigenvalue weighted by atomic mass is 10.1. The van der Waals surface area contributed by atoms with Crippen LogP contribution in [0.15, 0.2) is 53.8 Å². The Morgan fingerprint density at radius 3 is 2.77 bits per heavy atom. The minimum absolute atomic E-state index is 0.642. The number of fused-ring (bicyclic) bond motifs is 1. The molecule has 0 atom stereocenters. The van der Waals surface area contributed by atoms with Crippen LogP contribution < -0.4 is 10.6 Å². The van der Waals surface area contributed by atoms with Crippen LogP contribution in [-0.4, -0.2) is 33.8 Å². The average molecular weight is 350 g/mol. The summed E-state index contributed by atoms with van der Waals surface area (Å²) in [6.45, 7) is 7.22. The van der Waals surface area contributed by atoms with Crippen molar-refractivity contribution in [3.63, 3.8) is 0 Å². The number of aromatic nitrogens is 3. The van der Waals surface area contributed by atoms with Crippen LogP contribution in [0.1, 0.15) is 25.2 Å². The first kappa shape index (κ1) is 17.9. The molecule has 0 saturated carbocycles. The number of hydrogen-bond acceptors (Lipinski definition) is 3. The van der Waals surface area contributed by atoms with Crippen LogP contribution in [0.3, 0.4) is 0 Å². The molecule has 1 heterocycles. The highest BCUT2D eigenvalue weighted by Gasteiger charge is 2.03. The standard InChI is InChI=1S/C20H26N6/c1-3-19-25-24-15-26(19)13-12-22-20(21-4-2)23-14-17-10-7-9-16-8-5-6-11-18(16)17/h5-11,15H,3-4,12-14H2,1-2H3,(H2,21,22,23). The lowest BCUT2D eigenvalue weighted by Crippen LogP contribution is -2.38. The summed E-state index contributed by atoms with van der Waals surface area (Å²) in [6, 6.07) is 14.8. The first-order valence-corrected chi connectivity index (χ1v) is 9.17. The number of aryl methyl sites for hydroxylation is 1. The van der Waals surface area contributed by atoms with E-state index in [1.807, 2.05) is 0 Å². The Morgan fingerprint density at radius 1 is 1.08 bits per heavy atom. The van der Waals surface area contributed by atoms with E-state index in [0.29, 0.717) is 6.54 Å². The zero-order chi connectivity index (χ0) is 18.2. The van der Waals surface area contributed by atoms with Crippen LogP contribution in [-0.2, 0) is 19.5 Å². The van der Waals surface area contributed by atoms with Gasteiger partial charge >= 0.3 is 0 Å². The molecule has 1 aromatic heterocycles. The summed E-state index contributed by atoms with van der Waals surface area (Å²) in [5, 5.41) is 17.3. The van der Waals surface area contributed by atoms with Crippen molar-refractivity contribution in [2.24, 2.45) is 4.99 Å². The van der Waals surface area contributed by atoms with Gasteiger partial charge in [-0.2, -0.15) is 0 Å². The topological polar surface area (TPSA) is 67.1 Å². The first-order valence-electron chi connectivity index (χ1n) is 9.17. The summed E-state index contributed by atoms with van der Waals surface area (Å²) in [7, 11) is 0. The molecule has 0 fully saturated rings. The molecule has 0 bridgehead atoms. The molecule has 26 heavy (non-hydrogen) atoms. The second kappa shape index (κ2) is 8.99. The second-order valence-corrected chi connectivity index (χ2v) is 6.05. The molecule has 0 amide bonds. The fraction of sp³-hybridized carbons (Fsp3) is 0.350. The van der Waals surface area contributed by atoms with Crippen molar-refractivity contribution in [1.29, 1.82) is 0 Å². The van der Waals surface area contributed by atoms with E-state index < -0.39 is 0 Å². The molecular formula is C20H26N6. The smallest absolute Gasteiger partial charge is 0.191 e. The third kappa shape index (κ3) is 4.39. The van der Waals surface area contributed by atoms with Crippen LogP contribution in [0.25, 0.3) is 10.8 Å². The maximum absolute atomic E-state index is 4.75. The van der Waals surface area contributed by atoms with Crippen LogP contribution >= 0.6 is 0 Å². The molecule has 0 aliphatic carbocycles. The van der Waals surface area contributed by atoms with Crippen molar-refractivity contribution < 1.29 is 0 Å². The number of benzene rings is 2. The van der Waals surface area contributed by atoms with Crippen molar-refractivity contribution in [3.8, 4) is 0 Å². The van der Waals surface area contributed by atoms with Crippen molar-refractivity contribution in [3.05, 3.63) is 60.2 Å². The Balaban J connectivity index is 1.65. The molecule has 0 unspecified atom stereocenters. The van der Waals surface area contributed by atoms with Crippen molar-refractivity contribution >= 4 is 16.7 Å². The maximum Gasteiger partial charge on any atom is 0.191 e.